The molecule has 0 bridgehead atoms. The maximum absolute atomic E-state index is 3.69. The molecule has 1 aliphatic rings. The quantitative estimate of drug-likeness (QED) is 0.882. The van der Waals surface area contributed by atoms with Crippen molar-refractivity contribution in [2.75, 3.05) is 19.6 Å². The van der Waals surface area contributed by atoms with Gasteiger partial charge in [0.1, 0.15) is 0 Å². The standard InChI is InChI=1S/C16H26N2/c1-13(2)10-18-11-15(17-12-16(18,3)4)14-8-6-5-7-9-14/h5-9,13,15,17H,10-12H2,1-4H3. The molecule has 0 saturated carbocycles. The first kappa shape index (κ1) is 13.6. The Balaban J connectivity index is 2.10. The van der Waals surface area contributed by atoms with Gasteiger partial charge in [-0.3, -0.25) is 4.90 Å². The van der Waals surface area contributed by atoms with Gasteiger partial charge in [0.2, 0.25) is 0 Å². The highest BCUT2D eigenvalue weighted by Crippen LogP contribution is 2.26. The molecule has 1 saturated heterocycles. The van der Waals surface area contributed by atoms with E-state index < -0.39 is 0 Å². The number of hydrogen-bond acceptors (Lipinski definition) is 2. The van der Waals surface area contributed by atoms with Crippen LogP contribution < -0.4 is 5.32 Å². The van der Waals surface area contributed by atoms with Crippen LogP contribution >= 0.6 is 0 Å². The molecular formula is C16H26N2. The van der Waals surface area contributed by atoms with Crippen LogP contribution in [0, 0.1) is 5.92 Å². The summed E-state index contributed by atoms with van der Waals surface area (Å²) >= 11 is 0. The summed E-state index contributed by atoms with van der Waals surface area (Å²) < 4.78 is 0. The first-order valence-corrected chi connectivity index (χ1v) is 7.02. The van der Waals surface area contributed by atoms with Gasteiger partial charge in [-0.1, -0.05) is 44.2 Å². The van der Waals surface area contributed by atoms with Gasteiger partial charge in [0, 0.05) is 31.2 Å². The van der Waals surface area contributed by atoms with Crippen LogP contribution in [0.15, 0.2) is 30.3 Å². The Morgan fingerprint density at radius 1 is 1.28 bits per heavy atom. The van der Waals surface area contributed by atoms with E-state index in [1.165, 1.54) is 12.1 Å². The molecule has 0 radical (unpaired) electrons. The van der Waals surface area contributed by atoms with Crippen molar-refractivity contribution in [2.24, 2.45) is 5.92 Å². The molecule has 0 aliphatic carbocycles. The van der Waals surface area contributed by atoms with E-state index in [0.717, 1.165) is 19.0 Å². The Bertz CT molecular complexity index is 370. The van der Waals surface area contributed by atoms with Crippen molar-refractivity contribution in [1.29, 1.82) is 0 Å². The molecule has 1 N–H and O–H groups in total. The molecule has 2 heteroatoms. The molecule has 1 aromatic rings. The van der Waals surface area contributed by atoms with Crippen molar-refractivity contribution in [3.8, 4) is 0 Å². The van der Waals surface area contributed by atoms with Crippen LogP contribution in [-0.4, -0.2) is 30.1 Å². The monoisotopic (exact) mass is 246 g/mol. The smallest absolute Gasteiger partial charge is 0.0450 e. The van der Waals surface area contributed by atoms with E-state index in [4.69, 9.17) is 0 Å². The van der Waals surface area contributed by atoms with E-state index in [-0.39, 0.29) is 5.54 Å². The van der Waals surface area contributed by atoms with Crippen LogP contribution in [0.25, 0.3) is 0 Å². The maximum Gasteiger partial charge on any atom is 0.0450 e. The molecule has 0 amide bonds. The highest BCUT2D eigenvalue weighted by atomic mass is 15.3. The Kier molecular flexibility index (Phi) is 4.08. The van der Waals surface area contributed by atoms with E-state index in [0.29, 0.717) is 6.04 Å². The molecule has 1 fully saturated rings. The van der Waals surface area contributed by atoms with Crippen molar-refractivity contribution in [3.63, 3.8) is 0 Å². The average Bonchev–Trinajstić information content (AvgIpc) is 2.32. The van der Waals surface area contributed by atoms with E-state index in [2.05, 4.69) is 68.2 Å². The molecule has 1 aliphatic heterocycles. The molecule has 0 spiro atoms. The SMILES string of the molecule is CC(C)CN1CC(c2ccccc2)NCC1(C)C. The molecule has 2 nitrogen and oxygen atoms in total. The fourth-order valence-corrected chi connectivity index (χ4v) is 2.69. The molecule has 1 heterocycles. The number of nitrogens with one attached hydrogen (secondary N) is 1. The van der Waals surface area contributed by atoms with Gasteiger partial charge < -0.3 is 5.32 Å². The topological polar surface area (TPSA) is 15.3 Å². The minimum absolute atomic E-state index is 0.259. The summed E-state index contributed by atoms with van der Waals surface area (Å²) in [6, 6.07) is 11.3. The summed E-state index contributed by atoms with van der Waals surface area (Å²) in [5.74, 6) is 0.721. The van der Waals surface area contributed by atoms with Gasteiger partial charge >= 0.3 is 0 Å². The van der Waals surface area contributed by atoms with Crippen molar-refractivity contribution >= 4 is 0 Å². The van der Waals surface area contributed by atoms with Crippen molar-refractivity contribution in [3.05, 3.63) is 35.9 Å². The number of nitrogens with zero attached hydrogens (tertiary/aromatic N) is 1. The van der Waals surface area contributed by atoms with E-state index in [9.17, 15) is 0 Å². The van der Waals surface area contributed by atoms with E-state index in [1.807, 2.05) is 0 Å². The summed E-state index contributed by atoms with van der Waals surface area (Å²) in [6.07, 6.45) is 0. The zero-order chi connectivity index (χ0) is 13.2. The third-order valence-corrected chi connectivity index (χ3v) is 3.83. The van der Waals surface area contributed by atoms with E-state index >= 15 is 0 Å². The van der Waals surface area contributed by atoms with Crippen molar-refractivity contribution in [1.82, 2.24) is 10.2 Å². The summed E-state index contributed by atoms with van der Waals surface area (Å²) in [7, 11) is 0. The minimum atomic E-state index is 0.259. The predicted octanol–water partition coefficient (Wildman–Crippen LogP) is 3.07. The van der Waals surface area contributed by atoms with Gasteiger partial charge in [-0.2, -0.15) is 0 Å². The summed E-state index contributed by atoms with van der Waals surface area (Å²) in [5.41, 5.74) is 1.66. The van der Waals surface area contributed by atoms with Crippen LogP contribution in [0.3, 0.4) is 0 Å². The molecule has 1 unspecified atom stereocenters. The Morgan fingerprint density at radius 3 is 2.56 bits per heavy atom. The normalized spacial score (nSPS) is 24.4. The predicted molar refractivity (Wildman–Crippen MR) is 77.7 cm³/mol. The summed E-state index contributed by atoms with van der Waals surface area (Å²) in [5, 5.41) is 3.69. The fourth-order valence-electron chi connectivity index (χ4n) is 2.69. The second-order valence-corrected chi connectivity index (χ2v) is 6.46. The Labute approximate surface area is 111 Å². The number of hydrogen-bond donors (Lipinski definition) is 1. The van der Waals surface area contributed by atoms with Crippen LogP contribution in [-0.2, 0) is 0 Å². The zero-order valence-corrected chi connectivity index (χ0v) is 12.1. The van der Waals surface area contributed by atoms with Gasteiger partial charge in [0.05, 0.1) is 0 Å². The number of rotatable bonds is 3. The lowest BCUT2D eigenvalue weighted by Crippen LogP contribution is -2.59. The summed E-state index contributed by atoms with van der Waals surface area (Å²) in [6.45, 7) is 12.6. The number of piperazine rings is 1. The third kappa shape index (κ3) is 3.12. The van der Waals surface area contributed by atoms with Gasteiger partial charge in [0.25, 0.3) is 0 Å². The Hall–Kier alpha value is -0.860. The second kappa shape index (κ2) is 5.41. The van der Waals surface area contributed by atoms with Gasteiger partial charge in [-0.15, -0.1) is 0 Å². The maximum atomic E-state index is 3.69. The highest BCUT2D eigenvalue weighted by molar-refractivity contribution is 5.20. The van der Waals surface area contributed by atoms with Gasteiger partial charge in [-0.25, -0.2) is 0 Å². The highest BCUT2D eigenvalue weighted by Gasteiger charge is 2.34. The van der Waals surface area contributed by atoms with Crippen molar-refractivity contribution in [2.45, 2.75) is 39.3 Å². The first-order chi connectivity index (χ1) is 8.49. The number of benzene rings is 1. The van der Waals surface area contributed by atoms with Crippen LogP contribution in [0.5, 0.6) is 0 Å². The van der Waals surface area contributed by atoms with Crippen LogP contribution in [0.4, 0.5) is 0 Å². The van der Waals surface area contributed by atoms with Crippen LogP contribution in [0.2, 0.25) is 0 Å². The molecule has 1 aromatic carbocycles. The third-order valence-electron chi connectivity index (χ3n) is 3.83. The van der Waals surface area contributed by atoms with Gasteiger partial charge in [-0.05, 0) is 25.3 Å². The van der Waals surface area contributed by atoms with E-state index in [1.54, 1.807) is 0 Å². The molecule has 100 valence electrons. The van der Waals surface area contributed by atoms with Crippen LogP contribution in [0.1, 0.15) is 39.3 Å². The lowest BCUT2D eigenvalue weighted by molar-refractivity contribution is 0.0549. The lowest BCUT2D eigenvalue weighted by Gasteiger charge is -2.47. The molecular weight excluding hydrogens is 220 g/mol. The zero-order valence-electron chi connectivity index (χ0n) is 12.1. The average molecular weight is 246 g/mol. The fraction of sp³-hybridized carbons (Fsp3) is 0.625. The van der Waals surface area contributed by atoms with Gasteiger partial charge in [0.15, 0.2) is 0 Å². The second-order valence-electron chi connectivity index (χ2n) is 6.46. The molecule has 1 atom stereocenters. The lowest BCUT2D eigenvalue weighted by atomic mass is 9.93. The van der Waals surface area contributed by atoms with Crippen molar-refractivity contribution < 1.29 is 0 Å². The molecule has 2 rings (SSSR count). The minimum Gasteiger partial charge on any atom is -0.307 e. The Morgan fingerprint density at radius 2 is 1.94 bits per heavy atom. The largest absolute Gasteiger partial charge is 0.307 e. The molecule has 18 heavy (non-hydrogen) atoms. The summed E-state index contributed by atoms with van der Waals surface area (Å²) in [4.78, 5) is 2.63. The molecule has 0 aromatic heterocycles. The first-order valence-electron chi connectivity index (χ1n) is 7.02.